The molecule has 1 aromatic heterocycles. The summed E-state index contributed by atoms with van der Waals surface area (Å²) in [6, 6.07) is 9.84. The monoisotopic (exact) mass is 508 g/mol. The van der Waals surface area contributed by atoms with Crippen molar-refractivity contribution >= 4 is 17.8 Å². The number of hydrogen-bond acceptors (Lipinski definition) is 7. The van der Waals surface area contributed by atoms with E-state index in [1.807, 2.05) is 24.3 Å². The van der Waals surface area contributed by atoms with Gasteiger partial charge in [-0.15, -0.1) is 0 Å². The van der Waals surface area contributed by atoms with Gasteiger partial charge in [0, 0.05) is 57.5 Å². The third-order valence-electron chi connectivity index (χ3n) is 7.93. The number of nitrogens with two attached hydrogens (primary N) is 2. The van der Waals surface area contributed by atoms with Crippen LogP contribution in [0.5, 0.6) is 0 Å². The number of piperazine rings is 1. The van der Waals surface area contributed by atoms with Gasteiger partial charge in [-0.05, 0) is 56.4 Å². The van der Waals surface area contributed by atoms with Crippen LogP contribution < -0.4 is 22.5 Å². The average molecular weight is 509 g/mol. The maximum atomic E-state index is 12.7. The highest BCUT2D eigenvalue weighted by atomic mass is 16.2. The molecule has 5 rings (SSSR count). The van der Waals surface area contributed by atoms with Gasteiger partial charge in [-0.1, -0.05) is 12.1 Å². The molecule has 5 N–H and O–H groups in total. The zero-order valence-electron chi connectivity index (χ0n) is 21.6. The van der Waals surface area contributed by atoms with Gasteiger partial charge in [0.05, 0.1) is 11.2 Å². The fourth-order valence-electron chi connectivity index (χ4n) is 5.42. The second kappa shape index (κ2) is 9.55. The Bertz CT molecular complexity index is 1220. The Kier molecular flexibility index (Phi) is 6.55. The molecular weight excluding hydrogens is 472 g/mol. The highest BCUT2D eigenvalue weighted by molar-refractivity contribution is 5.89. The van der Waals surface area contributed by atoms with Crippen molar-refractivity contribution in [3.8, 4) is 5.69 Å². The summed E-state index contributed by atoms with van der Waals surface area (Å²) in [4.78, 5) is 47.5. The lowest BCUT2D eigenvalue weighted by atomic mass is 10.1. The molecule has 1 saturated carbocycles. The zero-order valence-corrected chi connectivity index (χ0v) is 21.6. The second-order valence-corrected chi connectivity index (χ2v) is 11.0. The van der Waals surface area contributed by atoms with Crippen molar-refractivity contribution in [1.82, 2.24) is 24.3 Å². The second-order valence-electron chi connectivity index (χ2n) is 11.0. The van der Waals surface area contributed by atoms with Gasteiger partial charge in [0.2, 0.25) is 5.91 Å². The normalized spacial score (nSPS) is 24.5. The van der Waals surface area contributed by atoms with Gasteiger partial charge in [0.15, 0.2) is 0 Å². The van der Waals surface area contributed by atoms with E-state index >= 15 is 0 Å². The highest BCUT2D eigenvalue weighted by Crippen LogP contribution is 2.46. The molecule has 3 fully saturated rings. The number of benzene rings is 1. The Morgan fingerprint density at radius 2 is 1.62 bits per heavy atom. The molecule has 0 spiro atoms. The number of fused-ring (bicyclic) bond motifs is 1. The lowest BCUT2D eigenvalue weighted by Crippen LogP contribution is -2.58. The van der Waals surface area contributed by atoms with Crippen LogP contribution in [-0.2, 0) is 4.79 Å². The number of likely N-dealkylation sites (tertiary alicyclic amines) is 1. The van der Waals surface area contributed by atoms with Crippen LogP contribution >= 0.6 is 0 Å². The summed E-state index contributed by atoms with van der Waals surface area (Å²) in [6.07, 6.45) is 1.61. The summed E-state index contributed by atoms with van der Waals surface area (Å²) in [5.41, 5.74) is 12.4. The van der Waals surface area contributed by atoms with Gasteiger partial charge >= 0.3 is 11.7 Å². The van der Waals surface area contributed by atoms with E-state index < -0.39 is 11.2 Å². The number of aromatic nitrogens is 2. The topological polar surface area (TPSA) is 143 Å². The molecule has 2 aromatic rings. The fraction of sp³-hybridized carbons (Fsp3) is 0.538. The van der Waals surface area contributed by atoms with E-state index in [9.17, 15) is 14.4 Å². The smallest absolute Gasteiger partial charge is 0.338 e. The van der Waals surface area contributed by atoms with Crippen LogP contribution in [0.2, 0.25) is 0 Å². The largest absolute Gasteiger partial charge is 0.354 e. The van der Waals surface area contributed by atoms with E-state index in [-0.39, 0.29) is 17.8 Å². The third-order valence-corrected chi connectivity index (χ3v) is 7.93. The van der Waals surface area contributed by atoms with Crippen molar-refractivity contribution in [1.29, 1.82) is 0 Å². The molecule has 3 unspecified atom stereocenters. The molecule has 3 aliphatic rings. The number of nitrogens with zero attached hydrogens (tertiary/aromatic N) is 5. The van der Waals surface area contributed by atoms with Gasteiger partial charge in [0.25, 0.3) is 0 Å². The van der Waals surface area contributed by atoms with Gasteiger partial charge in [0.1, 0.15) is 5.82 Å². The quantitative estimate of drug-likeness (QED) is 0.537. The summed E-state index contributed by atoms with van der Waals surface area (Å²) in [7, 11) is 0. The molecule has 198 valence electrons. The first-order valence-corrected chi connectivity index (χ1v) is 12.9. The number of carbonyl (C=O) groups excluding carboxylic acids is 2. The molecular formula is C26H36N8O3. The Morgan fingerprint density at radius 3 is 2.19 bits per heavy atom. The van der Waals surface area contributed by atoms with Crippen molar-refractivity contribution in [2.24, 2.45) is 23.3 Å². The van der Waals surface area contributed by atoms with Crippen molar-refractivity contribution in [2.75, 3.05) is 44.6 Å². The lowest BCUT2D eigenvalue weighted by Gasteiger charge is -2.37. The van der Waals surface area contributed by atoms with Crippen molar-refractivity contribution in [3.05, 3.63) is 52.6 Å². The first-order valence-electron chi connectivity index (χ1n) is 12.9. The Balaban J connectivity index is 1.17. The van der Waals surface area contributed by atoms with Crippen molar-refractivity contribution < 1.29 is 9.59 Å². The number of carbonyl (C=O) groups is 2. The maximum absolute atomic E-state index is 12.7. The SMILES string of the molecule is CC(c1ccc(-n2ccc(NC(=O)N3CCN(C(=O)C(C)(C)N)CC3)nc2=O)cc1)N1CC2C(N)C2C1. The number of amides is 3. The predicted molar refractivity (Wildman–Crippen MR) is 140 cm³/mol. The predicted octanol–water partition coefficient (Wildman–Crippen LogP) is 0.596. The van der Waals surface area contributed by atoms with E-state index in [0.29, 0.717) is 55.8 Å². The Morgan fingerprint density at radius 1 is 1.03 bits per heavy atom. The summed E-state index contributed by atoms with van der Waals surface area (Å²) in [5.74, 6) is 1.33. The molecule has 1 aliphatic carbocycles. The van der Waals surface area contributed by atoms with Crippen LogP contribution in [0.25, 0.3) is 5.69 Å². The number of nitrogens with one attached hydrogen (secondary N) is 1. The first-order chi connectivity index (χ1) is 17.5. The van der Waals surface area contributed by atoms with Gasteiger partial charge in [-0.2, -0.15) is 4.98 Å². The van der Waals surface area contributed by atoms with E-state index in [4.69, 9.17) is 11.5 Å². The molecule has 3 heterocycles. The van der Waals surface area contributed by atoms with Crippen LogP contribution in [0.3, 0.4) is 0 Å². The number of hydrogen-bond donors (Lipinski definition) is 3. The van der Waals surface area contributed by atoms with Crippen LogP contribution in [0.15, 0.2) is 41.3 Å². The standard InChI is InChI=1S/C26H36N8O3/c1-16(33-14-19-20(15-33)22(19)27)17-4-6-18(7-5-17)34-9-8-21(30-25(34)37)29-24(36)32-12-10-31(11-13-32)23(35)26(2,3)28/h4-9,16,19-20,22H,10-15,27-28H2,1-3H3,(H,29,30,36,37). The minimum atomic E-state index is -0.945. The molecule has 3 atom stereocenters. The third kappa shape index (κ3) is 5.11. The first kappa shape index (κ1) is 25.4. The van der Waals surface area contributed by atoms with Gasteiger partial charge in [-0.25, -0.2) is 9.59 Å². The Hall–Kier alpha value is -3.28. The summed E-state index contributed by atoms with van der Waals surface area (Å²) < 4.78 is 1.45. The molecule has 2 saturated heterocycles. The average Bonchev–Trinajstić information content (AvgIpc) is 3.26. The van der Waals surface area contributed by atoms with E-state index in [2.05, 4.69) is 22.1 Å². The molecule has 0 bridgehead atoms. The minimum Gasteiger partial charge on any atom is -0.338 e. The molecule has 3 amide bonds. The van der Waals surface area contributed by atoms with Crippen LogP contribution in [0.1, 0.15) is 32.4 Å². The van der Waals surface area contributed by atoms with Crippen LogP contribution in [-0.4, -0.2) is 87.0 Å². The molecule has 0 radical (unpaired) electrons. The van der Waals surface area contributed by atoms with E-state index in [1.54, 1.807) is 35.9 Å². The summed E-state index contributed by atoms with van der Waals surface area (Å²) in [6.45, 7) is 9.20. The maximum Gasteiger partial charge on any atom is 0.354 e. The molecule has 1 aromatic carbocycles. The summed E-state index contributed by atoms with van der Waals surface area (Å²) in [5, 5.41) is 2.69. The van der Waals surface area contributed by atoms with Gasteiger partial charge in [-0.3, -0.25) is 19.6 Å². The summed E-state index contributed by atoms with van der Waals surface area (Å²) >= 11 is 0. The van der Waals surface area contributed by atoms with E-state index in [1.165, 1.54) is 10.1 Å². The molecule has 11 nitrogen and oxygen atoms in total. The lowest BCUT2D eigenvalue weighted by molar-refractivity contribution is -0.137. The van der Waals surface area contributed by atoms with Crippen molar-refractivity contribution in [2.45, 2.75) is 38.4 Å². The minimum absolute atomic E-state index is 0.141. The van der Waals surface area contributed by atoms with Crippen LogP contribution in [0, 0.1) is 11.8 Å². The molecule has 2 aliphatic heterocycles. The fourth-order valence-corrected chi connectivity index (χ4v) is 5.42. The highest BCUT2D eigenvalue weighted by Gasteiger charge is 2.54. The number of rotatable bonds is 5. The number of anilines is 1. The number of piperidine rings is 1. The molecule has 11 heteroatoms. The zero-order chi connectivity index (χ0) is 26.5. The molecule has 37 heavy (non-hydrogen) atoms. The van der Waals surface area contributed by atoms with Crippen molar-refractivity contribution in [3.63, 3.8) is 0 Å². The van der Waals surface area contributed by atoms with Gasteiger partial charge < -0.3 is 21.3 Å². The Labute approximate surface area is 216 Å². The van der Waals surface area contributed by atoms with Crippen LogP contribution in [0.4, 0.5) is 10.6 Å². The number of urea groups is 1. The van der Waals surface area contributed by atoms with E-state index in [0.717, 1.165) is 13.1 Å².